The standard InChI is InChI=1S/C18H22ClNO5/c1-11(8-9-20-17(22)25-18(2,3)4)23-14-10-15(21)24-13-7-5-6-12(19)16(13)14/h5-7,10-11H,8-9H2,1-4H3,(H,20,22). The third-order valence-corrected chi connectivity index (χ3v) is 3.54. The van der Waals surface area contributed by atoms with Crippen LogP contribution in [0, 0.1) is 0 Å². The number of alkyl carbamates (subject to hydrolysis) is 1. The Bertz CT molecular complexity index is 809. The summed E-state index contributed by atoms with van der Waals surface area (Å²) < 4.78 is 16.1. The zero-order valence-electron chi connectivity index (χ0n) is 14.7. The number of hydrogen-bond donors (Lipinski definition) is 1. The molecular formula is C18H22ClNO5. The van der Waals surface area contributed by atoms with E-state index in [1.165, 1.54) is 6.07 Å². The molecule has 1 atom stereocenters. The van der Waals surface area contributed by atoms with Gasteiger partial charge in [0, 0.05) is 13.0 Å². The summed E-state index contributed by atoms with van der Waals surface area (Å²) in [4.78, 5) is 23.3. The van der Waals surface area contributed by atoms with Crippen LogP contribution < -0.4 is 15.7 Å². The Morgan fingerprint density at radius 3 is 2.76 bits per heavy atom. The van der Waals surface area contributed by atoms with Gasteiger partial charge in [0.25, 0.3) is 0 Å². The van der Waals surface area contributed by atoms with Crippen molar-refractivity contribution in [3.05, 3.63) is 39.7 Å². The minimum absolute atomic E-state index is 0.254. The molecule has 2 rings (SSSR count). The summed E-state index contributed by atoms with van der Waals surface area (Å²) in [5, 5.41) is 3.66. The van der Waals surface area contributed by atoms with Crippen LogP contribution in [0.25, 0.3) is 11.0 Å². The predicted molar refractivity (Wildman–Crippen MR) is 96.4 cm³/mol. The average molecular weight is 368 g/mol. The molecule has 0 saturated heterocycles. The van der Waals surface area contributed by atoms with Gasteiger partial charge < -0.3 is 19.2 Å². The van der Waals surface area contributed by atoms with Crippen molar-refractivity contribution in [2.75, 3.05) is 6.54 Å². The van der Waals surface area contributed by atoms with Gasteiger partial charge in [-0.3, -0.25) is 0 Å². The topological polar surface area (TPSA) is 77.8 Å². The summed E-state index contributed by atoms with van der Waals surface area (Å²) in [6, 6.07) is 6.33. The van der Waals surface area contributed by atoms with Crippen LogP contribution in [0.15, 0.2) is 33.5 Å². The summed E-state index contributed by atoms with van der Waals surface area (Å²) in [7, 11) is 0. The summed E-state index contributed by atoms with van der Waals surface area (Å²) in [6.45, 7) is 7.62. The largest absolute Gasteiger partial charge is 0.490 e. The maximum Gasteiger partial charge on any atom is 0.407 e. The van der Waals surface area contributed by atoms with Gasteiger partial charge in [-0.05, 0) is 39.8 Å². The molecule has 1 aromatic heterocycles. The SMILES string of the molecule is CC(CCNC(=O)OC(C)(C)C)Oc1cc(=O)oc2cccc(Cl)c12. The number of amides is 1. The molecule has 7 heteroatoms. The molecule has 1 unspecified atom stereocenters. The molecule has 0 spiro atoms. The summed E-state index contributed by atoms with van der Waals surface area (Å²) in [5.41, 5.74) is -0.683. The van der Waals surface area contributed by atoms with E-state index in [2.05, 4.69) is 5.32 Å². The zero-order valence-corrected chi connectivity index (χ0v) is 15.5. The van der Waals surface area contributed by atoms with Crippen molar-refractivity contribution in [1.29, 1.82) is 0 Å². The van der Waals surface area contributed by atoms with Gasteiger partial charge >= 0.3 is 11.7 Å². The van der Waals surface area contributed by atoms with Crippen LogP contribution in [0.1, 0.15) is 34.1 Å². The first kappa shape index (κ1) is 19.1. The number of carbonyl (C=O) groups excluding carboxylic acids is 1. The number of halogens is 1. The van der Waals surface area contributed by atoms with Crippen molar-refractivity contribution in [2.24, 2.45) is 0 Å². The Hall–Kier alpha value is -2.21. The Morgan fingerprint density at radius 1 is 1.36 bits per heavy atom. The molecular weight excluding hydrogens is 346 g/mol. The van der Waals surface area contributed by atoms with E-state index in [9.17, 15) is 9.59 Å². The van der Waals surface area contributed by atoms with E-state index in [0.29, 0.717) is 34.7 Å². The van der Waals surface area contributed by atoms with Crippen molar-refractivity contribution in [1.82, 2.24) is 5.32 Å². The summed E-state index contributed by atoms with van der Waals surface area (Å²) in [5.74, 6) is 0.363. The normalized spacial score (nSPS) is 12.7. The molecule has 0 fully saturated rings. The van der Waals surface area contributed by atoms with E-state index >= 15 is 0 Å². The highest BCUT2D eigenvalue weighted by atomic mass is 35.5. The second-order valence-electron chi connectivity index (χ2n) is 6.69. The van der Waals surface area contributed by atoms with E-state index in [0.717, 1.165) is 0 Å². The lowest BCUT2D eigenvalue weighted by Gasteiger charge is -2.20. The molecule has 0 aliphatic rings. The number of fused-ring (bicyclic) bond motifs is 1. The van der Waals surface area contributed by atoms with Crippen LogP contribution in [0.4, 0.5) is 4.79 Å². The lowest BCUT2D eigenvalue weighted by molar-refractivity contribution is 0.0522. The highest BCUT2D eigenvalue weighted by Gasteiger charge is 2.17. The average Bonchev–Trinajstić information content (AvgIpc) is 2.44. The molecule has 0 bridgehead atoms. The highest BCUT2D eigenvalue weighted by molar-refractivity contribution is 6.35. The molecule has 0 saturated carbocycles. The monoisotopic (exact) mass is 367 g/mol. The first-order valence-corrected chi connectivity index (χ1v) is 8.39. The van der Waals surface area contributed by atoms with Crippen molar-refractivity contribution in [2.45, 2.75) is 45.8 Å². The van der Waals surface area contributed by atoms with Crippen LogP contribution in [-0.4, -0.2) is 24.3 Å². The van der Waals surface area contributed by atoms with E-state index in [4.69, 9.17) is 25.5 Å². The second kappa shape index (κ2) is 7.78. The smallest absolute Gasteiger partial charge is 0.407 e. The lowest BCUT2D eigenvalue weighted by Crippen LogP contribution is -2.34. The molecule has 0 radical (unpaired) electrons. The van der Waals surface area contributed by atoms with Gasteiger partial charge in [0.05, 0.1) is 22.6 Å². The molecule has 1 aromatic carbocycles. The summed E-state index contributed by atoms with van der Waals surface area (Å²) in [6.07, 6.45) is -0.199. The third-order valence-electron chi connectivity index (χ3n) is 3.23. The van der Waals surface area contributed by atoms with E-state index < -0.39 is 17.3 Å². The minimum atomic E-state index is -0.542. The van der Waals surface area contributed by atoms with Gasteiger partial charge in [-0.15, -0.1) is 0 Å². The second-order valence-corrected chi connectivity index (χ2v) is 7.10. The number of benzene rings is 1. The molecule has 1 heterocycles. The summed E-state index contributed by atoms with van der Waals surface area (Å²) >= 11 is 6.19. The third kappa shape index (κ3) is 5.67. The number of hydrogen-bond acceptors (Lipinski definition) is 5. The molecule has 1 N–H and O–H groups in total. The number of rotatable bonds is 5. The molecule has 25 heavy (non-hydrogen) atoms. The molecule has 1 amide bonds. The Labute approximate surface area is 151 Å². The fraction of sp³-hybridized carbons (Fsp3) is 0.444. The van der Waals surface area contributed by atoms with Crippen molar-refractivity contribution >= 4 is 28.7 Å². The molecule has 0 aliphatic heterocycles. The Balaban J connectivity index is 1.99. The van der Waals surface area contributed by atoms with Crippen molar-refractivity contribution in [3.63, 3.8) is 0 Å². The fourth-order valence-corrected chi connectivity index (χ4v) is 2.46. The van der Waals surface area contributed by atoms with Crippen LogP contribution in [-0.2, 0) is 4.74 Å². The van der Waals surface area contributed by atoms with E-state index in [1.54, 1.807) is 39.0 Å². The van der Waals surface area contributed by atoms with Crippen LogP contribution in [0.2, 0.25) is 5.02 Å². The molecule has 0 aliphatic carbocycles. The molecule has 136 valence electrons. The maximum atomic E-state index is 11.7. The van der Waals surface area contributed by atoms with E-state index in [-0.39, 0.29) is 6.10 Å². The minimum Gasteiger partial charge on any atom is -0.490 e. The van der Waals surface area contributed by atoms with Crippen LogP contribution in [0.5, 0.6) is 5.75 Å². The first-order chi connectivity index (χ1) is 11.7. The first-order valence-electron chi connectivity index (χ1n) is 8.01. The van der Waals surface area contributed by atoms with Gasteiger partial charge in [-0.2, -0.15) is 0 Å². The fourth-order valence-electron chi connectivity index (χ4n) is 2.21. The quantitative estimate of drug-likeness (QED) is 0.804. The van der Waals surface area contributed by atoms with Crippen LogP contribution in [0.3, 0.4) is 0 Å². The highest BCUT2D eigenvalue weighted by Crippen LogP contribution is 2.31. The Kier molecular flexibility index (Phi) is 5.95. The van der Waals surface area contributed by atoms with Gasteiger partial charge in [0.15, 0.2) is 0 Å². The molecule has 2 aromatic rings. The van der Waals surface area contributed by atoms with Gasteiger partial charge in [0.2, 0.25) is 0 Å². The van der Waals surface area contributed by atoms with Crippen LogP contribution >= 0.6 is 11.6 Å². The predicted octanol–water partition coefficient (Wildman–Crippen LogP) is 4.13. The van der Waals surface area contributed by atoms with Gasteiger partial charge in [-0.1, -0.05) is 17.7 Å². The molecule has 6 nitrogen and oxygen atoms in total. The van der Waals surface area contributed by atoms with E-state index in [1.807, 2.05) is 6.92 Å². The number of ether oxygens (including phenoxy) is 2. The van der Waals surface area contributed by atoms with Gasteiger partial charge in [0.1, 0.15) is 16.9 Å². The zero-order chi connectivity index (χ0) is 18.6. The Morgan fingerprint density at radius 2 is 2.08 bits per heavy atom. The maximum absolute atomic E-state index is 11.7. The van der Waals surface area contributed by atoms with Crippen molar-refractivity contribution < 1.29 is 18.7 Å². The van der Waals surface area contributed by atoms with Gasteiger partial charge in [-0.25, -0.2) is 9.59 Å². The number of nitrogens with one attached hydrogen (secondary N) is 1. The number of carbonyl (C=O) groups is 1. The van der Waals surface area contributed by atoms with Crippen molar-refractivity contribution in [3.8, 4) is 5.75 Å². The lowest BCUT2D eigenvalue weighted by atomic mass is 10.2.